The molecule has 58 heavy (non-hydrogen) atoms. The van der Waals surface area contributed by atoms with E-state index in [-0.39, 0.29) is 0 Å². The van der Waals surface area contributed by atoms with Crippen LogP contribution in [0.15, 0.2) is 84.9 Å². The molecule has 0 saturated carbocycles. The number of hydrogen-bond donors (Lipinski definition) is 2. The van der Waals surface area contributed by atoms with Crippen molar-refractivity contribution in [1.29, 1.82) is 0 Å². The van der Waals surface area contributed by atoms with Gasteiger partial charge in [-0.3, -0.25) is 0 Å². The zero-order valence-corrected chi connectivity index (χ0v) is 37.5. The first-order chi connectivity index (χ1) is 28.5. The fourth-order valence-corrected chi connectivity index (χ4v) is 8.86. The fraction of sp³-hybridized carbons (Fsp3) is 0.571. The molecule has 4 aromatic rings. The van der Waals surface area contributed by atoms with E-state index in [1.54, 1.807) is 22.3 Å². The highest BCUT2D eigenvalue weighted by atomic mass is 14.5. The van der Waals surface area contributed by atoms with Gasteiger partial charge in [0, 0.05) is 11.4 Å². The Morgan fingerprint density at radius 2 is 0.534 bits per heavy atom. The first-order valence-corrected chi connectivity index (χ1v) is 24.4. The summed E-state index contributed by atoms with van der Waals surface area (Å²) in [6.45, 7) is 4.61. The molecule has 0 spiro atoms. The highest BCUT2D eigenvalue weighted by molar-refractivity contribution is 5.43. The molecule has 4 aromatic carbocycles. The smallest absolute Gasteiger partial charge is 0.0314 e. The van der Waals surface area contributed by atoms with Crippen LogP contribution < -0.4 is 11.5 Å². The highest BCUT2D eigenvalue weighted by Crippen LogP contribution is 2.24. The van der Waals surface area contributed by atoms with Gasteiger partial charge in [-0.15, -0.1) is 0 Å². The molecule has 0 saturated heterocycles. The van der Waals surface area contributed by atoms with Crippen LogP contribution in [0.2, 0.25) is 0 Å². The number of aryl methyl sites for hydroxylation is 4. The molecule has 4 N–H and O–H groups in total. The van der Waals surface area contributed by atoms with Crippen LogP contribution in [0.1, 0.15) is 212 Å². The van der Waals surface area contributed by atoms with Crippen LogP contribution in [0.4, 0.5) is 11.4 Å². The largest absolute Gasteiger partial charge is 0.399 e. The zero-order chi connectivity index (χ0) is 40.9. The first-order valence-electron chi connectivity index (χ1n) is 24.4. The third kappa shape index (κ3) is 20.0. The van der Waals surface area contributed by atoms with Gasteiger partial charge in [-0.25, -0.2) is 0 Å². The summed E-state index contributed by atoms with van der Waals surface area (Å²) in [6.07, 6.45) is 40.0. The highest BCUT2D eigenvalue weighted by Gasteiger charge is 2.08. The minimum absolute atomic E-state index is 0.845. The molecule has 4 rings (SSSR count). The summed E-state index contributed by atoms with van der Waals surface area (Å²) in [5.41, 5.74) is 25.5. The van der Waals surface area contributed by atoms with Crippen LogP contribution in [0.5, 0.6) is 0 Å². The van der Waals surface area contributed by atoms with Gasteiger partial charge < -0.3 is 11.5 Å². The zero-order valence-electron chi connectivity index (χ0n) is 37.5. The second-order valence-corrected chi connectivity index (χ2v) is 17.8. The quantitative estimate of drug-likeness (QED) is 0.0373. The number of hydrogen-bond acceptors (Lipinski definition) is 2. The van der Waals surface area contributed by atoms with Gasteiger partial charge >= 0.3 is 0 Å². The van der Waals surface area contributed by atoms with Crippen molar-refractivity contribution in [2.75, 3.05) is 11.5 Å². The molecule has 0 atom stereocenters. The van der Waals surface area contributed by atoms with Gasteiger partial charge in [-0.2, -0.15) is 0 Å². The van der Waals surface area contributed by atoms with Gasteiger partial charge in [0.05, 0.1) is 0 Å². The predicted octanol–water partition coefficient (Wildman–Crippen LogP) is 16.3. The van der Waals surface area contributed by atoms with Crippen molar-refractivity contribution in [2.24, 2.45) is 0 Å². The Morgan fingerprint density at radius 1 is 0.276 bits per heavy atom. The third-order valence-corrected chi connectivity index (χ3v) is 12.6. The Bertz CT molecular complexity index is 1490. The lowest BCUT2D eigenvalue weighted by molar-refractivity contribution is 0.533. The van der Waals surface area contributed by atoms with Crippen molar-refractivity contribution in [2.45, 2.75) is 206 Å². The van der Waals surface area contributed by atoms with E-state index in [1.807, 2.05) is 24.3 Å². The minimum atomic E-state index is 0.845. The van der Waals surface area contributed by atoms with Crippen LogP contribution in [0, 0.1) is 0 Å². The van der Waals surface area contributed by atoms with Gasteiger partial charge in [-0.1, -0.05) is 203 Å². The molecule has 0 heterocycles. The van der Waals surface area contributed by atoms with Crippen LogP contribution in [0.3, 0.4) is 0 Å². The maximum atomic E-state index is 5.93. The minimum Gasteiger partial charge on any atom is -0.399 e. The van der Waals surface area contributed by atoms with Crippen molar-refractivity contribution in [1.82, 2.24) is 0 Å². The van der Waals surface area contributed by atoms with Crippen molar-refractivity contribution >= 4 is 11.4 Å². The van der Waals surface area contributed by atoms with E-state index in [2.05, 4.69) is 74.5 Å². The van der Waals surface area contributed by atoms with E-state index < -0.39 is 0 Å². The summed E-state index contributed by atoms with van der Waals surface area (Å²) < 4.78 is 0. The number of anilines is 2. The van der Waals surface area contributed by atoms with Gasteiger partial charge in [0.2, 0.25) is 0 Å². The van der Waals surface area contributed by atoms with Crippen molar-refractivity contribution in [3.8, 4) is 0 Å². The van der Waals surface area contributed by atoms with E-state index >= 15 is 0 Å². The summed E-state index contributed by atoms with van der Waals surface area (Å²) in [6, 6.07) is 31.5. The second-order valence-electron chi connectivity index (χ2n) is 17.8. The van der Waals surface area contributed by atoms with E-state index in [4.69, 9.17) is 11.5 Å². The number of benzene rings is 4. The Kier molecular flexibility index (Phi) is 24.1. The summed E-state index contributed by atoms with van der Waals surface area (Å²) in [7, 11) is 0. The number of nitrogen functional groups attached to an aromatic ring is 2. The molecule has 0 bridgehead atoms. The molecule has 0 amide bonds. The average Bonchev–Trinajstić information content (AvgIpc) is 3.23. The molecule has 0 aliphatic carbocycles. The topological polar surface area (TPSA) is 52.0 Å². The molecule has 0 unspecified atom stereocenters. The lowest BCUT2D eigenvalue weighted by atomic mass is 9.93. The Labute approximate surface area is 357 Å². The molecule has 0 aliphatic rings. The van der Waals surface area contributed by atoms with Crippen LogP contribution in [0.25, 0.3) is 0 Å². The van der Waals surface area contributed by atoms with Crippen molar-refractivity contribution in [3.05, 3.63) is 129 Å². The molecule has 0 fully saturated rings. The van der Waals surface area contributed by atoms with Gasteiger partial charge in [0.15, 0.2) is 0 Å². The number of nitrogens with two attached hydrogens (primary N) is 2. The van der Waals surface area contributed by atoms with Crippen LogP contribution in [-0.2, 0) is 38.5 Å². The third-order valence-electron chi connectivity index (χ3n) is 12.6. The molecule has 0 radical (unpaired) electrons. The molecule has 2 nitrogen and oxygen atoms in total. The summed E-state index contributed by atoms with van der Waals surface area (Å²) in [4.78, 5) is 0. The van der Waals surface area contributed by atoms with Crippen LogP contribution in [-0.4, -0.2) is 0 Å². The summed E-state index contributed by atoms with van der Waals surface area (Å²) in [5.74, 6) is 0. The second kappa shape index (κ2) is 29.7. The van der Waals surface area contributed by atoms with E-state index in [1.165, 1.54) is 202 Å². The van der Waals surface area contributed by atoms with E-state index in [0.29, 0.717) is 0 Å². The standard InChI is InChI=1S/C56H84N2/c1-3-5-7-19-25-29-53-45-49(43-47-33-39-55(57)40-34-47)31-37-51(53)27-23-21-17-15-13-11-9-10-12-14-16-18-22-24-28-52-38-32-50(44-48-35-41-56(58)42-36-48)46-54(52)30-26-20-8-6-4-2/h31-42,45-46H,3-30,43-44,57-58H2,1-2H3. The summed E-state index contributed by atoms with van der Waals surface area (Å²) >= 11 is 0. The Balaban J connectivity index is 1.03. The van der Waals surface area contributed by atoms with Crippen molar-refractivity contribution < 1.29 is 0 Å². The number of unbranched alkanes of at least 4 members (excludes halogenated alkanes) is 21. The van der Waals surface area contributed by atoms with Gasteiger partial charge in [0.25, 0.3) is 0 Å². The Hall–Kier alpha value is -3.52. The molecular formula is C56H84N2. The maximum absolute atomic E-state index is 5.93. The molecule has 318 valence electrons. The monoisotopic (exact) mass is 785 g/mol. The lowest BCUT2D eigenvalue weighted by Gasteiger charge is -2.13. The molecule has 0 aliphatic heterocycles. The lowest BCUT2D eigenvalue weighted by Crippen LogP contribution is -1.99. The normalized spacial score (nSPS) is 11.4. The fourth-order valence-electron chi connectivity index (χ4n) is 8.86. The summed E-state index contributed by atoms with van der Waals surface area (Å²) in [5, 5.41) is 0. The van der Waals surface area contributed by atoms with E-state index in [0.717, 1.165) is 24.2 Å². The average molecular weight is 785 g/mol. The number of rotatable bonds is 33. The first kappa shape index (κ1) is 47.2. The molecule has 0 aromatic heterocycles. The maximum Gasteiger partial charge on any atom is 0.0314 e. The predicted molar refractivity (Wildman–Crippen MR) is 257 cm³/mol. The molecular weight excluding hydrogens is 701 g/mol. The van der Waals surface area contributed by atoms with Crippen molar-refractivity contribution in [3.63, 3.8) is 0 Å². The Morgan fingerprint density at radius 3 is 0.845 bits per heavy atom. The van der Waals surface area contributed by atoms with E-state index in [9.17, 15) is 0 Å². The SMILES string of the molecule is CCCCCCCc1cc(Cc2ccc(N)cc2)ccc1CCCCCCCCCCCCCCCCc1ccc(Cc2ccc(N)cc2)cc1CCCCCCC. The van der Waals surface area contributed by atoms with Gasteiger partial charge in [0.1, 0.15) is 0 Å². The van der Waals surface area contributed by atoms with Gasteiger partial charge in [-0.05, 0) is 133 Å². The van der Waals surface area contributed by atoms with Crippen LogP contribution >= 0.6 is 0 Å². The molecule has 2 heteroatoms.